The number of ether oxygens (including phenoxy) is 1. The highest BCUT2D eigenvalue weighted by molar-refractivity contribution is 5.74. The van der Waals surface area contributed by atoms with Crippen molar-refractivity contribution in [3.05, 3.63) is 0 Å². The van der Waals surface area contributed by atoms with Crippen LogP contribution in [-0.2, 0) is 9.53 Å². The van der Waals surface area contributed by atoms with Crippen LogP contribution in [0.3, 0.4) is 0 Å². The van der Waals surface area contributed by atoms with Crippen LogP contribution in [0.2, 0.25) is 0 Å². The van der Waals surface area contributed by atoms with E-state index >= 15 is 0 Å². The second kappa shape index (κ2) is 3.87. The van der Waals surface area contributed by atoms with Gasteiger partial charge in [-0.3, -0.25) is 10.1 Å². The summed E-state index contributed by atoms with van der Waals surface area (Å²) in [5.74, 6) is -0.590. The van der Waals surface area contributed by atoms with Crippen LogP contribution in [0.15, 0.2) is 0 Å². The lowest BCUT2D eigenvalue weighted by Gasteiger charge is -2.32. The van der Waals surface area contributed by atoms with Gasteiger partial charge in [-0.15, -0.1) is 0 Å². The van der Waals surface area contributed by atoms with Crippen LogP contribution in [0.1, 0.15) is 13.8 Å². The summed E-state index contributed by atoms with van der Waals surface area (Å²) in [5, 5.41) is 11.7. The third-order valence-corrected chi connectivity index (χ3v) is 2.03. The predicted molar refractivity (Wildman–Crippen MR) is 44.0 cm³/mol. The van der Waals surface area contributed by atoms with Crippen LogP contribution >= 0.6 is 0 Å². The number of hydrogen-bond acceptors (Lipinski definition) is 3. The Morgan fingerprint density at radius 2 is 2.33 bits per heavy atom. The molecule has 0 unspecified atom stereocenters. The second-order valence-corrected chi connectivity index (χ2v) is 3.35. The maximum absolute atomic E-state index is 10.7. The molecule has 0 saturated carbocycles. The summed E-state index contributed by atoms with van der Waals surface area (Å²) in [6.07, 6.45) is -0.198. The third-order valence-electron chi connectivity index (χ3n) is 2.03. The Balaban J connectivity index is 2.60. The van der Waals surface area contributed by atoms with E-state index in [0.29, 0.717) is 13.2 Å². The van der Waals surface area contributed by atoms with Gasteiger partial charge in [-0.05, 0) is 5.92 Å². The summed E-state index contributed by atoms with van der Waals surface area (Å²) in [4.78, 5) is 10.7. The average molecular weight is 173 g/mol. The van der Waals surface area contributed by atoms with E-state index in [0.717, 1.165) is 0 Å². The predicted octanol–water partition coefficient (Wildman–Crippen LogP) is 0.0840. The molecule has 0 aromatic rings. The number of morpholine rings is 1. The van der Waals surface area contributed by atoms with Crippen LogP contribution in [0.25, 0.3) is 0 Å². The molecule has 4 nitrogen and oxygen atoms in total. The highest BCUT2D eigenvalue weighted by Crippen LogP contribution is 2.14. The Hall–Kier alpha value is -0.610. The van der Waals surface area contributed by atoms with Crippen molar-refractivity contribution < 1.29 is 14.6 Å². The van der Waals surface area contributed by atoms with Crippen molar-refractivity contribution in [1.29, 1.82) is 0 Å². The molecule has 0 amide bonds. The normalized spacial score (nSPS) is 30.6. The van der Waals surface area contributed by atoms with Crippen molar-refractivity contribution in [2.75, 3.05) is 13.2 Å². The molecule has 12 heavy (non-hydrogen) atoms. The highest BCUT2D eigenvalue weighted by atomic mass is 16.5. The summed E-state index contributed by atoms with van der Waals surface area (Å²) < 4.78 is 5.37. The first kappa shape index (κ1) is 9.48. The Bertz CT molecular complexity index is 170. The number of rotatable bonds is 2. The van der Waals surface area contributed by atoms with E-state index in [1.807, 2.05) is 13.8 Å². The zero-order chi connectivity index (χ0) is 9.14. The minimum absolute atomic E-state index is 0.198. The van der Waals surface area contributed by atoms with Crippen LogP contribution in [0.5, 0.6) is 0 Å². The van der Waals surface area contributed by atoms with Gasteiger partial charge in [-0.1, -0.05) is 13.8 Å². The van der Waals surface area contributed by atoms with Crippen molar-refractivity contribution in [3.63, 3.8) is 0 Å². The lowest BCUT2D eigenvalue weighted by Crippen LogP contribution is -2.54. The molecule has 1 rings (SSSR count). The minimum Gasteiger partial charge on any atom is -0.480 e. The molecule has 0 bridgehead atoms. The van der Waals surface area contributed by atoms with E-state index in [9.17, 15) is 4.79 Å². The molecule has 0 aliphatic carbocycles. The molecular weight excluding hydrogens is 158 g/mol. The number of carbonyl (C=O) groups is 1. The molecule has 0 spiro atoms. The summed E-state index contributed by atoms with van der Waals surface area (Å²) in [6, 6.07) is -0.543. The summed E-state index contributed by atoms with van der Waals surface area (Å²) in [5.41, 5.74) is 0. The van der Waals surface area contributed by atoms with E-state index in [4.69, 9.17) is 9.84 Å². The molecule has 0 aromatic carbocycles. The number of carboxylic acids is 1. The zero-order valence-corrected chi connectivity index (χ0v) is 7.41. The Labute approximate surface area is 71.9 Å². The van der Waals surface area contributed by atoms with Gasteiger partial charge >= 0.3 is 5.97 Å². The van der Waals surface area contributed by atoms with E-state index < -0.39 is 12.0 Å². The van der Waals surface area contributed by atoms with Gasteiger partial charge in [0.15, 0.2) is 0 Å². The van der Waals surface area contributed by atoms with Gasteiger partial charge in [0.25, 0.3) is 0 Å². The number of nitrogens with one attached hydrogen (secondary N) is 1. The summed E-state index contributed by atoms with van der Waals surface area (Å²) >= 11 is 0. The molecule has 2 N–H and O–H groups in total. The molecule has 0 radical (unpaired) electrons. The van der Waals surface area contributed by atoms with Gasteiger partial charge in [0, 0.05) is 6.54 Å². The fraction of sp³-hybridized carbons (Fsp3) is 0.875. The van der Waals surface area contributed by atoms with Crippen LogP contribution in [0.4, 0.5) is 0 Å². The van der Waals surface area contributed by atoms with Crippen molar-refractivity contribution in [3.8, 4) is 0 Å². The molecule has 1 aliphatic heterocycles. The molecular formula is C8H15NO3. The molecule has 0 aromatic heterocycles. The largest absolute Gasteiger partial charge is 0.480 e. The van der Waals surface area contributed by atoms with Gasteiger partial charge < -0.3 is 9.84 Å². The number of aliphatic carboxylic acids is 1. The highest BCUT2D eigenvalue weighted by Gasteiger charge is 2.33. The molecule has 1 saturated heterocycles. The van der Waals surface area contributed by atoms with Gasteiger partial charge in [0.1, 0.15) is 6.04 Å². The molecule has 4 heteroatoms. The van der Waals surface area contributed by atoms with Crippen molar-refractivity contribution in [2.45, 2.75) is 26.0 Å². The Morgan fingerprint density at radius 1 is 1.67 bits per heavy atom. The second-order valence-electron chi connectivity index (χ2n) is 3.35. The van der Waals surface area contributed by atoms with Crippen molar-refractivity contribution >= 4 is 5.97 Å². The first-order chi connectivity index (χ1) is 5.63. The fourth-order valence-electron chi connectivity index (χ4n) is 1.43. The lowest BCUT2D eigenvalue weighted by atomic mass is 9.98. The quantitative estimate of drug-likeness (QED) is 0.621. The van der Waals surface area contributed by atoms with Crippen LogP contribution in [0, 0.1) is 5.92 Å². The standard InChI is InChI=1S/C8H15NO3/c1-5(2)7-6(8(10)11)9-3-4-12-7/h5-7,9H,3-4H2,1-2H3,(H,10,11)/t6-,7+/m0/s1. The molecule has 70 valence electrons. The smallest absolute Gasteiger partial charge is 0.323 e. The first-order valence-corrected chi connectivity index (χ1v) is 4.20. The minimum atomic E-state index is -0.826. The number of hydrogen-bond donors (Lipinski definition) is 2. The van der Waals surface area contributed by atoms with Gasteiger partial charge in [0.2, 0.25) is 0 Å². The van der Waals surface area contributed by atoms with Crippen molar-refractivity contribution in [1.82, 2.24) is 5.32 Å². The monoisotopic (exact) mass is 173 g/mol. The topological polar surface area (TPSA) is 58.6 Å². The molecule has 1 heterocycles. The van der Waals surface area contributed by atoms with E-state index in [1.54, 1.807) is 0 Å². The maximum atomic E-state index is 10.7. The lowest BCUT2D eigenvalue weighted by molar-refractivity contribution is -0.148. The Morgan fingerprint density at radius 3 is 2.75 bits per heavy atom. The average Bonchev–Trinajstić information content (AvgIpc) is 2.04. The molecule has 1 fully saturated rings. The van der Waals surface area contributed by atoms with Gasteiger partial charge in [-0.2, -0.15) is 0 Å². The van der Waals surface area contributed by atoms with Gasteiger partial charge in [-0.25, -0.2) is 0 Å². The fourth-order valence-corrected chi connectivity index (χ4v) is 1.43. The number of carboxylic acid groups (broad SMARTS) is 1. The maximum Gasteiger partial charge on any atom is 0.323 e. The SMILES string of the molecule is CC(C)[C@H]1OCCN[C@@H]1C(=O)O. The van der Waals surface area contributed by atoms with Crippen LogP contribution < -0.4 is 5.32 Å². The van der Waals surface area contributed by atoms with E-state index in [-0.39, 0.29) is 12.0 Å². The van der Waals surface area contributed by atoms with E-state index in [1.165, 1.54) is 0 Å². The van der Waals surface area contributed by atoms with Crippen molar-refractivity contribution in [2.24, 2.45) is 5.92 Å². The first-order valence-electron chi connectivity index (χ1n) is 4.20. The van der Waals surface area contributed by atoms with Crippen LogP contribution in [-0.4, -0.2) is 36.4 Å². The summed E-state index contributed by atoms with van der Waals surface area (Å²) in [6.45, 7) is 5.16. The zero-order valence-electron chi connectivity index (χ0n) is 7.41. The van der Waals surface area contributed by atoms with E-state index in [2.05, 4.69) is 5.32 Å². The molecule has 2 atom stereocenters. The molecule has 1 aliphatic rings. The Kier molecular flexibility index (Phi) is 3.05. The third kappa shape index (κ3) is 1.95. The van der Waals surface area contributed by atoms with Gasteiger partial charge in [0.05, 0.1) is 12.7 Å². The summed E-state index contributed by atoms with van der Waals surface area (Å²) in [7, 11) is 0.